The summed E-state index contributed by atoms with van der Waals surface area (Å²) in [4.78, 5) is 14.3. The molecule has 7 heteroatoms. The Morgan fingerprint density at radius 3 is 2.78 bits per heavy atom. The van der Waals surface area contributed by atoms with Gasteiger partial charge < -0.3 is 9.84 Å². The Labute approximate surface area is 103 Å². The van der Waals surface area contributed by atoms with Gasteiger partial charge in [-0.2, -0.15) is 0 Å². The van der Waals surface area contributed by atoms with Crippen molar-refractivity contribution < 1.29 is 9.45 Å². The van der Waals surface area contributed by atoms with Gasteiger partial charge in [0.15, 0.2) is 5.76 Å². The minimum atomic E-state index is -0.452. The van der Waals surface area contributed by atoms with Crippen molar-refractivity contribution in [3.63, 3.8) is 0 Å². The van der Waals surface area contributed by atoms with Gasteiger partial charge in [0, 0.05) is 12.1 Å². The Morgan fingerprint density at radius 1 is 1.44 bits per heavy atom. The molecule has 94 valence electrons. The fraction of sp³-hybridized carbons (Fsp3) is 0.273. The molecule has 0 aliphatic carbocycles. The van der Waals surface area contributed by atoms with E-state index in [1.165, 1.54) is 6.07 Å². The van der Waals surface area contributed by atoms with Crippen LogP contribution in [-0.2, 0) is 6.54 Å². The number of aromatic nitrogens is 2. The lowest BCUT2D eigenvalue weighted by molar-refractivity contribution is -0.385. The summed E-state index contributed by atoms with van der Waals surface area (Å²) >= 11 is 0. The number of hydrogen-bond donors (Lipinski definition) is 1. The Hall–Kier alpha value is -2.44. The molecule has 0 fully saturated rings. The van der Waals surface area contributed by atoms with Crippen LogP contribution in [0.3, 0.4) is 0 Å². The average Bonchev–Trinajstić information content (AvgIpc) is 2.72. The van der Waals surface area contributed by atoms with Crippen molar-refractivity contribution in [1.82, 2.24) is 10.1 Å². The summed E-state index contributed by atoms with van der Waals surface area (Å²) in [6.45, 7) is 3.87. The lowest BCUT2D eigenvalue weighted by Crippen LogP contribution is -2.02. The SMILES string of the molecule is Cc1cc(CNc2ccc([N+](=O)[O-])c(C)n2)on1. The zero-order valence-corrected chi connectivity index (χ0v) is 10.0. The monoisotopic (exact) mass is 248 g/mol. The fourth-order valence-corrected chi connectivity index (χ4v) is 1.52. The highest BCUT2D eigenvalue weighted by Gasteiger charge is 2.11. The van der Waals surface area contributed by atoms with Gasteiger partial charge in [-0.3, -0.25) is 10.1 Å². The predicted octanol–water partition coefficient (Wildman–Crippen LogP) is 2.21. The van der Waals surface area contributed by atoms with Crippen molar-refractivity contribution in [3.8, 4) is 0 Å². The molecule has 2 aromatic heterocycles. The first-order valence-electron chi connectivity index (χ1n) is 5.34. The van der Waals surface area contributed by atoms with Crippen LogP contribution in [0.25, 0.3) is 0 Å². The molecule has 0 amide bonds. The molecule has 18 heavy (non-hydrogen) atoms. The highest BCUT2D eigenvalue weighted by atomic mass is 16.6. The fourth-order valence-electron chi connectivity index (χ4n) is 1.52. The van der Waals surface area contributed by atoms with Gasteiger partial charge in [-0.15, -0.1) is 0 Å². The molecule has 0 spiro atoms. The molecule has 0 aromatic carbocycles. The number of nitro groups is 1. The highest BCUT2D eigenvalue weighted by molar-refractivity contribution is 5.44. The molecule has 0 aliphatic rings. The van der Waals surface area contributed by atoms with E-state index in [-0.39, 0.29) is 5.69 Å². The quantitative estimate of drug-likeness (QED) is 0.658. The minimum Gasteiger partial charge on any atom is -0.363 e. The molecule has 7 nitrogen and oxygen atoms in total. The molecule has 2 heterocycles. The number of anilines is 1. The van der Waals surface area contributed by atoms with Gasteiger partial charge in [-0.1, -0.05) is 5.16 Å². The van der Waals surface area contributed by atoms with E-state index in [1.807, 2.05) is 13.0 Å². The van der Waals surface area contributed by atoms with Crippen LogP contribution >= 0.6 is 0 Å². The second-order valence-corrected chi connectivity index (χ2v) is 3.85. The van der Waals surface area contributed by atoms with E-state index in [4.69, 9.17) is 4.52 Å². The first-order valence-corrected chi connectivity index (χ1v) is 5.34. The molecule has 1 N–H and O–H groups in total. The zero-order valence-electron chi connectivity index (χ0n) is 10.0. The smallest absolute Gasteiger partial charge is 0.290 e. The third-order valence-corrected chi connectivity index (χ3v) is 2.38. The predicted molar refractivity (Wildman–Crippen MR) is 64.2 cm³/mol. The van der Waals surface area contributed by atoms with Gasteiger partial charge in [0.2, 0.25) is 0 Å². The molecular weight excluding hydrogens is 236 g/mol. The molecule has 0 bridgehead atoms. The first kappa shape index (κ1) is 12.0. The van der Waals surface area contributed by atoms with Gasteiger partial charge in [-0.25, -0.2) is 4.98 Å². The van der Waals surface area contributed by atoms with Crippen LogP contribution < -0.4 is 5.32 Å². The van der Waals surface area contributed by atoms with Crippen LogP contribution in [0.15, 0.2) is 22.7 Å². The van der Waals surface area contributed by atoms with Crippen molar-refractivity contribution in [3.05, 3.63) is 45.5 Å². The average molecular weight is 248 g/mol. The van der Waals surface area contributed by atoms with E-state index in [0.717, 1.165) is 5.69 Å². The van der Waals surface area contributed by atoms with Crippen molar-refractivity contribution in [2.24, 2.45) is 0 Å². The number of nitrogens with zero attached hydrogens (tertiary/aromatic N) is 3. The van der Waals surface area contributed by atoms with Gasteiger partial charge >= 0.3 is 0 Å². The molecule has 0 radical (unpaired) electrons. The maximum atomic E-state index is 10.6. The van der Waals surface area contributed by atoms with E-state index < -0.39 is 4.92 Å². The zero-order chi connectivity index (χ0) is 13.1. The van der Waals surface area contributed by atoms with Gasteiger partial charge in [0.1, 0.15) is 11.5 Å². The second kappa shape index (κ2) is 4.82. The molecular formula is C11H12N4O3. The van der Waals surface area contributed by atoms with Crippen LogP contribution in [0.1, 0.15) is 17.1 Å². The molecule has 0 aliphatic heterocycles. The Bertz CT molecular complexity index is 579. The lowest BCUT2D eigenvalue weighted by atomic mass is 10.3. The highest BCUT2D eigenvalue weighted by Crippen LogP contribution is 2.18. The number of aryl methyl sites for hydroxylation is 2. The Morgan fingerprint density at radius 2 is 2.22 bits per heavy atom. The largest absolute Gasteiger partial charge is 0.363 e. The third kappa shape index (κ3) is 2.62. The van der Waals surface area contributed by atoms with Crippen LogP contribution in [0, 0.1) is 24.0 Å². The number of nitrogens with one attached hydrogen (secondary N) is 1. The van der Waals surface area contributed by atoms with Crippen molar-refractivity contribution in [1.29, 1.82) is 0 Å². The van der Waals surface area contributed by atoms with Crippen LogP contribution in [0.4, 0.5) is 11.5 Å². The van der Waals surface area contributed by atoms with E-state index in [1.54, 1.807) is 13.0 Å². The molecule has 2 aromatic rings. The summed E-state index contributed by atoms with van der Waals surface area (Å²) in [6.07, 6.45) is 0. The van der Waals surface area contributed by atoms with Gasteiger partial charge in [0.25, 0.3) is 5.69 Å². The van der Waals surface area contributed by atoms with Crippen LogP contribution in [0.5, 0.6) is 0 Å². The number of rotatable bonds is 4. The lowest BCUT2D eigenvalue weighted by Gasteiger charge is -2.04. The molecule has 2 rings (SSSR count). The summed E-state index contributed by atoms with van der Waals surface area (Å²) < 4.78 is 5.03. The van der Waals surface area contributed by atoms with E-state index in [2.05, 4.69) is 15.5 Å². The maximum Gasteiger partial charge on any atom is 0.290 e. The maximum absolute atomic E-state index is 10.6. The topological polar surface area (TPSA) is 94.1 Å². The van der Waals surface area contributed by atoms with E-state index in [9.17, 15) is 10.1 Å². The first-order chi connectivity index (χ1) is 8.56. The third-order valence-electron chi connectivity index (χ3n) is 2.38. The molecule has 0 saturated carbocycles. The Balaban J connectivity index is 2.06. The number of pyridine rings is 1. The van der Waals surface area contributed by atoms with Gasteiger partial charge in [-0.05, 0) is 19.9 Å². The van der Waals surface area contributed by atoms with Crippen molar-refractivity contribution in [2.75, 3.05) is 5.32 Å². The summed E-state index contributed by atoms with van der Waals surface area (Å²) in [6, 6.07) is 4.80. The number of hydrogen-bond acceptors (Lipinski definition) is 6. The summed E-state index contributed by atoms with van der Waals surface area (Å²) in [5.41, 5.74) is 1.19. The van der Waals surface area contributed by atoms with Crippen molar-refractivity contribution in [2.45, 2.75) is 20.4 Å². The second-order valence-electron chi connectivity index (χ2n) is 3.85. The Kier molecular flexibility index (Phi) is 3.22. The molecule has 0 saturated heterocycles. The molecule has 0 atom stereocenters. The van der Waals surface area contributed by atoms with Gasteiger partial charge in [0.05, 0.1) is 17.2 Å². The summed E-state index contributed by atoms with van der Waals surface area (Å²) in [5.74, 6) is 1.25. The van der Waals surface area contributed by atoms with E-state index in [0.29, 0.717) is 23.8 Å². The van der Waals surface area contributed by atoms with Crippen LogP contribution in [-0.4, -0.2) is 15.1 Å². The standard InChI is InChI=1S/C11H12N4O3/c1-7-5-9(18-14-7)6-12-11-4-3-10(15(16)17)8(2)13-11/h3-5H,6H2,1-2H3,(H,12,13). The van der Waals surface area contributed by atoms with Crippen LogP contribution in [0.2, 0.25) is 0 Å². The normalized spacial score (nSPS) is 10.3. The summed E-state index contributed by atoms with van der Waals surface area (Å²) in [5, 5.41) is 17.4. The minimum absolute atomic E-state index is 0.0102. The van der Waals surface area contributed by atoms with Crippen molar-refractivity contribution >= 4 is 11.5 Å². The summed E-state index contributed by atoms with van der Waals surface area (Å²) in [7, 11) is 0. The molecule has 0 unspecified atom stereocenters. The van der Waals surface area contributed by atoms with E-state index >= 15 is 0 Å².